The number of carbonyl (C=O) groups is 1. The van der Waals surface area contributed by atoms with Crippen molar-refractivity contribution in [2.75, 3.05) is 12.1 Å². The van der Waals surface area contributed by atoms with Gasteiger partial charge in [0.05, 0.1) is 11.4 Å². The van der Waals surface area contributed by atoms with Gasteiger partial charge in [0.2, 0.25) is 0 Å². The molecule has 0 bridgehead atoms. The Hall–Kier alpha value is -1.30. The van der Waals surface area contributed by atoms with Crippen LogP contribution in [0.2, 0.25) is 0 Å². The predicted molar refractivity (Wildman–Crippen MR) is 68.8 cm³/mol. The molecule has 16 heavy (non-hydrogen) atoms. The van der Waals surface area contributed by atoms with Crippen LogP contribution in [0.4, 0.5) is 0 Å². The van der Waals surface area contributed by atoms with Crippen molar-refractivity contribution in [2.24, 2.45) is 15.7 Å². The van der Waals surface area contributed by atoms with Crippen LogP contribution < -0.4 is 11.1 Å². The van der Waals surface area contributed by atoms with E-state index in [-0.39, 0.29) is 23.4 Å². The van der Waals surface area contributed by atoms with Crippen molar-refractivity contribution in [3.05, 3.63) is 11.8 Å². The summed E-state index contributed by atoms with van der Waals surface area (Å²) in [4.78, 5) is 19.4. The van der Waals surface area contributed by atoms with Crippen LogP contribution in [0, 0.1) is 0 Å². The van der Waals surface area contributed by atoms with Crippen LogP contribution in [0.5, 0.6) is 0 Å². The molecule has 0 radical (unpaired) electrons. The molecule has 0 atom stereocenters. The van der Waals surface area contributed by atoms with Gasteiger partial charge in [0.25, 0.3) is 5.91 Å². The lowest BCUT2D eigenvalue weighted by atomic mass is 10.2. The molecule has 0 aromatic rings. The molecule has 0 aliphatic heterocycles. The van der Waals surface area contributed by atoms with Crippen LogP contribution >= 0.6 is 11.8 Å². The fourth-order valence-electron chi connectivity index (χ4n) is 1.04. The first-order valence-corrected chi connectivity index (χ1v) is 6.34. The van der Waals surface area contributed by atoms with E-state index in [1.807, 2.05) is 6.26 Å². The molecule has 88 valence electrons. The first-order valence-electron chi connectivity index (χ1n) is 4.95. The molecule has 3 N–H and O–H groups in total. The summed E-state index contributed by atoms with van der Waals surface area (Å²) < 4.78 is 0. The van der Waals surface area contributed by atoms with E-state index in [4.69, 9.17) is 5.73 Å². The molecule has 0 spiro atoms. The van der Waals surface area contributed by atoms with Gasteiger partial charge in [0.1, 0.15) is 5.84 Å². The van der Waals surface area contributed by atoms with E-state index in [0.29, 0.717) is 5.88 Å². The Morgan fingerprint density at radius 3 is 2.88 bits per heavy atom. The van der Waals surface area contributed by atoms with Gasteiger partial charge in [-0.1, -0.05) is 0 Å². The maximum Gasteiger partial charge on any atom is 0.256 e. The molecular formula is C10H16N4OS. The Balaban J connectivity index is 2.68. The third-order valence-corrected chi connectivity index (χ3v) is 2.40. The summed E-state index contributed by atoms with van der Waals surface area (Å²) in [6.07, 6.45) is 5.32. The lowest BCUT2D eigenvalue weighted by Gasteiger charge is -2.06. The highest BCUT2D eigenvalue weighted by atomic mass is 32.2. The Labute approximate surface area is 99.3 Å². The van der Waals surface area contributed by atoms with Gasteiger partial charge in [-0.2, -0.15) is 0 Å². The van der Waals surface area contributed by atoms with Crippen molar-refractivity contribution in [3.63, 3.8) is 0 Å². The zero-order chi connectivity index (χ0) is 12.0. The van der Waals surface area contributed by atoms with Crippen molar-refractivity contribution in [2.45, 2.75) is 18.9 Å². The van der Waals surface area contributed by atoms with Crippen LogP contribution in [0.15, 0.2) is 21.8 Å². The van der Waals surface area contributed by atoms with Gasteiger partial charge in [-0.15, -0.1) is 11.8 Å². The molecule has 1 aliphatic carbocycles. The summed E-state index contributed by atoms with van der Waals surface area (Å²) in [5.41, 5.74) is 5.99. The van der Waals surface area contributed by atoms with Crippen molar-refractivity contribution in [1.29, 1.82) is 0 Å². The number of thioether (sulfide) groups is 1. The normalized spacial score (nSPS) is 17.1. The van der Waals surface area contributed by atoms with E-state index in [1.54, 1.807) is 0 Å². The summed E-state index contributed by atoms with van der Waals surface area (Å²) >= 11 is 1.53. The molecule has 1 fully saturated rings. The van der Waals surface area contributed by atoms with Crippen molar-refractivity contribution >= 4 is 30.2 Å². The molecule has 0 aromatic carbocycles. The highest BCUT2D eigenvalue weighted by Gasteiger charge is 2.25. The third-order valence-electron chi connectivity index (χ3n) is 2.02. The molecule has 0 saturated heterocycles. The number of carbonyl (C=O) groups excluding carboxylic acids is 1. The van der Waals surface area contributed by atoms with Gasteiger partial charge in [0, 0.05) is 12.2 Å². The minimum absolute atomic E-state index is 0.208. The summed E-state index contributed by atoms with van der Waals surface area (Å²) in [7, 11) is 0. The Morgan fingerprint density at radius 1 is 1.69 bits per heavy atom. The first kappa shape index (κ1) is 12.8. The number of aliphatic imine (C=N–C) groups is 2. The topological polar surface area (TPSA) is 79.8 Å². The standard InChI is InChI=1S/C10H16N4OS/c1-12-5-8(9(11)13-6-16-2)10(15)14-7-3-4-7/h5,7H,1,3-4,6H2,2H3,(H2,11,13)(H,14,15)/b8-5+. The van der Waals surface area contributed by atoms with Crippen LogP contribution in [0.3, 0.4) is 0 Å². The van der Waals surface area contributed by atoms with Crippen molar-refractivity contribution < 1.29 is 4.79 Å². The number of amidine groups is 1. The van der Waals surface area contributed by atoms with E-state index in [1.165, 1.54) is 18.0 Å². The molecule has 6 heteroatoms. The molecule has 1 saturated carbocycles. The number of nitrogens with zero attached hydrogens (tertiary/aromatic N) is 2. The van der Waals surface area contributed by atoms with Gasteiger partial charge >= 0.3 is 0 Å². The maximum absolute atomic E-state index is 11.8. The zero-order valence-electron chi connectivity index (χ0n) is 9.27. The van der Waals surface area contributed by atoms with Crippen LogP contribution in [0.25, 0.3) is 0 Å². The van der Waals surface area contributed by atoms with Gasteiger partial charge < -0.3 is 11.1 Å². The fraction of sp³-hybridized carbons (Fsp3) is 0.500. The molecule has 0 unspecified atom stereocenters. The molecule has 5 nitrogen and oxygen atoms in total. The smallest absolute Gasteiger partial charge is 0.256 e. The fourth-order valence-corrected chi connectivity index (χ4v) is 1.31. The minimum Gasteiger partial charge on any atom is -0.383 e. The lowest BCUT2D eigenvalue weighted by molar-refractivity contribution is -0.117. The second-order valence-electron chi connectivity index (χ2n) is 3.43. The average Bonchev–Trinajstić information content (AvgIpc) is 3.06. The van der Waals surface area contributed by atoms with Gasteiger partial charge in [0.15, 0.2) is 0 Å². The second-order valence-corrected chi connectivity index (χ2v) is 4.27. The van der Waals surface area contributed by atoms with Crippen LogP contribution in [-0.4, -0.2) is 36.6 Å². The van der Waals surface area contributed by atoms with Gasteiger partial charge in [-0.25, -0.2) is 0 Å². The number of nitrogens with two attached hydrogens (primary N) is 1. The lowest BCUT2D eigenvalue weighted by Crippen LogP contribution is -2.33. The van der Waals surface area contributed by atoms with E-state index < -0.39 is 0 Å². The summed E-state index contributed by atoms with van der Waals surface area (Å²) in [6, 6.07) is 0.286. The number of rotatable bonds is 6. The van der Waals surface area contributed by atoms with E-state index in [0.717, 1.165) is 12.8 Å². The van der Waals surface area contributed by atoms with E-state index in [9.17, 15) is 4.79 Å². The Kier molecular flexibility index (Phi) is 5.04. The molecular weight excluding hydrogens is 224 g/mol. The first-order chi connectivity index (χ1) is 7.69. The zero-order valence-corrected chi connectivity index (χ0v) is 10.1. The number of hydrogen-bond donors (Lipinski definition) is 2. The van der Waals surface area contributed by atoms with E-state index >= 15 is 0 Å². The quantitative estimate of drug-likeness (QED) is 0.404. The Bertz CT molecular complexity index is 334. The number of amides is 1. The third kappa shape index (κ3) is 4.06. The summed E-state index contributed by atoms with van der Waals surface area (Å²) in [5.74, 6) is 0.508. The maximum atomic E-state index is 11.8. The predicted octanol–water partition coefficient (Wildman–Crippen LogP) is 0.527. The average molecular weight is 240 g/mol. The largest absolute Gasteiger partial charge is 0.383 e. The summed E-state index contributed by atoms with van der Waals surface area (Å²) in [6.45, 7) is 3.32. The minimum atomic E-state index is -0.225. The summed E-state index contributed by atoms with van der Waals surface area (Å²) in [5, 5.41) is 2.83. The monoisotopic (exact) mass is 240 g/mol. The molecule has 1 amide bonds. The van der Waals surface area contributed by atoms with Crippen molar-refractivity contribution in [1.82, 2.24) is 5.32 Å². The number of hydrogen-bond acceptors (Lipinski definition) is 4. The van der Waals surface area contributed by atoms with E-state index in [2.05, 4.69) is 22.0 Å². The molecule has 1 aliphatic rings. The van der Waals surface area contributed by atoms with Crippen LogP contribution in [0.1, 0.15) is 12.8 Å². The SMILES string of the molecule is C=N/C=C(C(=O)NC1CC1)\C(N)=N/CSC. The van der Waals surface area contributed by atoms with Gasteiger partial charge in [-0.3, -0.25) is 14.8 Å². The van der Waals surface area contributed by atoms with Crippen molar-refractivity contribution in [3.8, 4) is 0 Å². The number of nitrogens with one attached hydrogen (secondary N) is 1. The van der Waals surface area contributed by atoms with Gasteiger partial charge in [-0.05, 0) is 25.8 Å². The highest BCUT2D eigenvalue weighted by molar-refractivity contribution is 7.98. The molecule has 0 aromatic heterocycles. The van der Waals surface area contributed by atoms with Crippen LogP contribution in [-0.2, 0) is 4.79 Å². The highest BCUT2D eigenvalue weighted by Crippen LogP contribution is 2.19. The Morgan fingerprint density at radius 2 is 2.38 bits per heavy atom. The molecule has 0 heterocycles. The molecule has 1 rings (SSSR count). The second kappa shape index (κ2) is 6.32.